The first-order valence-electron chi connectivity index (χ1n) is 8.62. The van der Waals surface area contributed by atoms with Gasteiger partial charge in [0.2, 0.25) is 6.54 Å². The molecule has 1 aliphatic rings. The lowest BCUT2D eigenvalue weighted by Gasteiger charge is -2.38. The molecule has 160 valence electrons. The molecule has 7 nitrogen and oxygen atoms in total. The van der Waals surface area contributed by atoms with Crippen LogP contribution in [0.5, 0.6) is 0 Å². The molecular formula is C18H17ClF3N5O2S. The predicted molar refractivity (Wildman–Crippen MR) is 107 cm³/mol. The highest BCUT2D eigenvalue weighted by molar-refractivity contribution is 7.84. The first-order valence-corrected chi connectivity index (χ1v) is 10.6. The molecule has 2 unspecified atom stereocenters. The zero-order valence-electron chi connectivity index (χ0n) is 16.1. The summed E-state index contributed by atoms with van der Waals surface area (Å²) < 4.78 is 54.0. The van der Waals surface area contributed by atoms with Crippen molar-refractivity contribution < 1.29 is 22.2 Å². The molecule has 0 aliphatic carbocycles. The van der Waals surface area contributed by atoms with Crippen molar-refractivity contribution in [2.24, 2.45) is 0 Å². The van der Waals surface area contributed by atoms with Crippen LogP contribution >= 0.6 is 11.6 Å². The number of carbonyl (C=O) groups excluding carboxylic acids is 1. The number of anilines is 1. The van der Waals surface area contributed by atoms with E-state index < -0.39 is 33.9 Å². The van der Waals surface area contributed by atoms with Crippen molar-refractivity contribution in [2.45, 2.75) is 23.5 Å². The van der Waals surface area contributed by atoms with E-state index >= 15 is 0 Å². The van der Waals surface area contributed by atoms with Crippen LogP contribution in [0.25, 0.3) is 10.5 Å². The van der Waals surface area contributed by atoms with E-state index in [0.717, 1.165) is 12.1 Å². The van der Waals surface area contributed by atoms with Gasteiger partial charge in [0.25, 0.3) is 0 Å². The highest BCUT2D eigenvalue weighted by Crippen LogP contribution is 2.46. The summed E-state index contributed by atoms with van der Waals surface area (Å²) in [5, 5.41) is 9.89. The summed E-state index contributed by atoms with van der Waals surface area (Å²) in [7, 11) is -0.0587. The van der Waals surface area contributed by atoms with Crippen molar-refractivity contribution in [1.82, 2.24) is 15.1 Å². The number of hydrogen-bond acceptors (Lipinski definition) is 5. The van der Waals surface area contributed by atoms with Crippen molar-refractivity contribution in [2.75, 3.05) is 31.7 Å². The molecule has 3 rings (SSSR count). The Balaban J connectivity index is 2.47. The fourth-order valence-electron chi connectivity index (χ4n) is 3.57. The number of hydrogen-bond donors (Lipinski definition) is 2. The molecule has 0 fully saturated rings. The largest absolute Gasteiger partial charge is 0.416 e. The maximum Gasteiger partial charge on any atom is 0.416 e. The van der Waals surface area contributed by atoms with E-state index in [1.165, 1.54) is 17.9 Å². The SMILES string of the molecule is [C-]#[N+]CC1(CNC)Nc2c(S(C)=O)c(C(C)=O)nn2-c2c(Cl)cc(C(F)(F)F)cc21. The van der Waals surface area contributed by atoms with Gasteiger partial charge >= 0.3 is 6.18 Å². The average molecular weight is 460 g/mol. The van der Waals surface area contributed by atoms with Gasteiger partial charge in [-0.3, -0.25) is 9.00 Å². The molecule has 2 atom stereocenters. The number of nitrogens with zero attached hydrogens (tertiary/aromatic N) is 3. The van der Waals surface area contributed by atoms with Crippen molar-refractivity contribution in [3.05, 3.63) is 45.4 Å². The number of Topliss-reactive ketones (excluding diaryl/α,β-unsaturated/α-hetero) is 1. The Morgan fingerprint density at radius 1 is 1.47 bits per heavy atom. The second-order valence-electron chi connectivity index (χ2n) is 6.85. The van der Waals surface area contributed by atoms with Gasteiger partial charge in [0, 0.05) is 25.3 Å². The van der Waals surface area contributed by atoms with Gasteiger partial charge < -0.3 is 15.5 Å². The quantitative estimate of drug-likeness (QED) is 0.530. The van der Waals surface area contributed by atoms with Crippen molar-refractivity contribution >= 4 is 34.0 Å². The molecule has 1 aliphatic heterocycles. The lowest BCUT2D eigenvalue weighted by atomic mass is 9.85. The van der Waals surface area contributed by atoms with E-state index in [1.807, 2.05) is 0 Å². The highest BCUT2D eigenvalue weighted by atomic mass is 35.5. The summed E-state index contributed by atoms with van der Waals surface area (Å²) in [6.45, 7) is 8.45. The van der Waals surface area contributed by atoms with Crippen LogP contribution in [0.4, 0.5) is 19.0 Å². The smallest absolute Gasteiger partial charge is 0.352 e. The number of fused-ring (bicyclic) bond motifs is 3. The fourth-order valence-corrected chi connectivity index (χ4v) is 4.74. The Kier molecular flexibility index (Phi) is 5.70. The predicted octanol–water partition coefficient (Wildman–Crippen LogP) is 3.24. The first kappa shape index (κ1) is 22.3. The third-order valence-corrected chi connectivity index (χ3v) is 6.02. The van der Waals surface area contributed by atoms with Crippen LogP contribution in [0, 0.1) is 6.57 Å². The van der Waals surface area contributed by atoms with Crippen molar-refractivity contribution in [1.29, 1.82) is 0 Å². The van der Waals surface area contributed by atoms with Crippen LogP contribution in [0.3, 0.4) is 0 Å². The summed E-state index contributed by atoms with van der Waals surface area (Å²) in [5.41, 5.74) is -2.17. The number of aromatic nitrogens is 2. The second-order valence-corrected chi connectivity index (χ2v) is 8.58. The molecule has 12 heteroatoms. The van der Waals surface area contributed by atoms with Crippen molar-refractivity contribution in [3.63, 3.8) is 0 Å². The average Bonchev–Trinajstić information content (AvgIpc) is 3.00. The van der Waals surface area contributed by atoms with Gasteiger partial charge in [0.05, 0.1) is 27.1 Å². The molecule has 0 bridgehead atoms. The standard InChI is InChI=1S/C18H17ClF3N5O2S/c1-9(28)13-15(30(4)29)16-25-17(7-23-2,8-24-3)11-5-10(18(20,21)22)6-12(19)14(11)27(16)26-13/h5-6,23,25H,7-8H2,1-2,4H3. The van der Waals surface area contributed by atoms with Crippen LogP contribution in [0.1, 0.15) is 28.5 Å². The van der Waals surface area contributed by atoms with Gasteiger partial charge in [-0.05, 0) is 19.2 Å². The maximum absolute atomic E-state index is 13.5. The Bertz CT molecular complexity index is 1110. The second kappa shape index (κ2) is 7.68. The van der Waals surface area contributed by atoms with E-state index in [2.05, 4.69) is 20.6 Å². The number of benzene rings is 1. The third kappa shape index (κ3) is 3.49. The van der Waals surface area contributed by atoms with Crippen LogP contribution in [0.15, 0.2) is 17.0 Å². The molecule has 2 N–H and O–H groups in total. The van der Waals surface area contributed by atoms with Crippen LogP contribution in [0.2, 0.25) is 5.02 Å². The Labute approximate surface area is 177 Å². The van der Waals surface area contributed by atoms with E-state index in [-0.39, 0.29) is 45.8 Å². The molecule has 0 saturated heterocycles. The Morgan fingerprint density at radius 3 is 2.63 bits per heavy atom. The van der Waals surface area contributed by atoms with Gasteiger partial charge in [-0.2, -0.15) is 18.3 Å². The molecule has 2 heterocycles. The summed E-state index contributed by atoms with van der Waals surface area (Å²) in [4.78, 5) is 15.6. The zero-order chi connectivity index (χ0) is 22.4. The molecule has 0 radical (unpaired) electrons. The molecule has 0 spiro atoms. The van der Waals surface area contributed by atoms with E-state index in [9.17, 15) is 22.2 Å². The number of likely N-dealkylation sites (N-methyl/N-ethyl adjacent to an activating group) is 1. The van der Waals surface area contributed by atoms with Crippen LogP contribution < -0.4 is 10.6 Å². The topological polar surface area (TPSA) is 80.4 Å². The Morgan fingerprint density at radius 2 is 2.13 bits per heavy atom. The Hall–Kier alpha value is -2.42. The number of carbonyl (C=O) groups is 1. The summed E-state index contributed by atoms with van der Waals surface area (Å²) in [5.74, 6) is -0.299. The minimum absolute atomic E-state index is 0.0659. The lowest BCUT2D eigenvalue weighted by Crippen LogP contribution is -2.49. The lowest BCUT2D eigenvalue weighted by molar-refractivity contribution is -0.137. The first-order chi connectivity index (χ1) is 14.0. The van der Waals surface area contributed by atoms with Gasteiger partial charge in [-0.15, -0.1) is 0 Å². The van der Waals surface area contributed by atoms with E-state index in [1.54, 1.807) is 7.05 Å². The van der Waals surface area contributed by atoms with Crippen LogP contribution in [-0.4, -0.2) is 46.2 Å². The van der Waals surface area contributed by atoms with Crippen molar-refractivity contribution in [3.8, 4) is 5.69 Å². The number of halogens is 4. The number of nitrogens with one attached hydrogen (secondary N) is 2. The molecule has 1 aromatic carbocycles. The molecule has 0 saturated carbocycles. The monoisotopic (exact) mass is 459 g/mol. The summed E-state index contributed by atoms with van der Waals surface area (Å²) >= 11 is 6.28. The molecule has 30 heavy (non-hydrogen) atoms. The number of alkyl halides is 3. The van der Waals surface area contributed by atoms with Crippen LogP contribution in [-0.2, 0) is 22.5 Å². The molecular weight excluding hydrogens is 443 g/mol. The highest BCUT2D eigenvalue weighted by Gasteiger charge is 2.47. The zero-order valence-corrected chi connectivity index (χ0v) is 17.7. The summed E-state index contributed by atoms with van der Waals surface area (Å²) in [6, 6.07) is 1.70. The minimum Gasteiger partial charge on any atom is -0.352 e. The summed E-state index contributed by atoms with van der Waals surface area (Å²) in [6.07, 6.45) is -3.29. The van der Waals surface area contributed by atoms with Gasteiger partial charge in [0.15, 0.2) is 11.3 Å². The minimum atomic E-state index is -4.66. The molecule has 0 amide bonds. The number of ketones is 1. The molecule has 1 aromatic heterocycles. The fraction of sp³-hybridized carbons (Fsp3) is 0.389. The third-order valence-electron chi connectivity index (χ3n) is 4.77. The normalized spacial score (nSPS) is 18.7. The van der Waals surface area contributed by atoms with E-state index in [4.69, 9.17) is 18.2 Å². The van der Waals surface area contributed by atoms with E-state index in [0.29, 0.717) is 0 Å². The van der Waals surface area contributed by atoms with Gasteiger partial charge in [-0.1, -0.05) is 11.6 Å². The van der Waals surface area contributed by atoms with Gasteiger partial charge in [-0.25, -0.2) is 11.3 Å². The molecule has 2 aromatic rings. The maximum atomic E-state index is 13.5. The van der Waals surface area contributed by atoms with Gasteiger partial charge in [0.1, 0.15) is 16.4 Å². The number of rotatable bonds is 5.